The number of furan rings is 1. The summed E-state index contributed by atoms with van der Waals surface area (Å²) in [5.41, 5.74) is 1.52. The molecule has 2 rings (SSSR count). The molecule has 0 saturated carbocycles. The van der Waals surface area contributed by atoms with Crippen LogP contribution < -0.4 is 0 Å². The molecular weight excluding hydrogens is 220 g/mol. The Bertz CT molecular complexity index is 555. The minimum Gasteiger partial charge on any atom is -0.481 e. The lowest BCUT2D eigenvalue weighted by atomic mass is 10.1. The molecule has 0 atom stereocenters. The zero-order valence-corrected chi connectivity index (χ0v) is 9.12. The highest BCUT2D eigenvalue weighted by molar-refractivity contribution is 5.94. The van der Waals surface area contributed by atoms with Crippen LogP contribution in [-0.2, 0) is 0 Å². The smallest absolute Gasteiger partial charge is 0.295 e. The number of benzene rings is 1. The van der Waals surface area contributed by atoms with Gasteiger partial charge in [-0.25, -0.2) is 0 Å². The van der Waals surface area contributed by atoms with E-state index in [2.05, 4.69) is 10.2 Å². The topological polar surface area (TPSA) is 75.2 Å². The molecule has 0 aliphatic carbocycles. The van der Waals surface area contributed by atoms with E-state index in [0.29, 0.717) is 5.56 Å². The van der Waals surface area contributed by atoms with Crippen LogP contribution in [0.1, 0.15) is 15.9 Å². The third-order valence-corrected chi connectivity index (χ3v) is 2.12. The van der Waals surface area contributed by atoms with Crippen molar-refractivity contribution in [2.24, 2.45) is 10.2 Å². The number of carbonyl (C=O) groups excluding carboxylic acids is 1. The van der Waals surface area contributed by atoms with E-state index < -0.39 is 5.91 Å². The molecule has 2 aromatic rings. The molecule has 0 spiro atoms. The van der Waals surface area contributed by atoms with Crippen LogP contribution in [0.5, 0.6) is 5.95 Å². The minimum atomic E-state index is -0.458. The summed E-state index contributed by atoms with van der Waals surface area (Å²) >= 11 is 0. The van der Waals surface area contributed by atoms with E-state index in [4.69, 9.17) is 9.52 Å². The van der Waals surface area contributed by atoms with Gasteiger partial charge in [-0.3, -0.25) is 4.79 Å². The number of aryl methyl sites for hydroxylation is 1. The molecule has 0 radical (unpaired) electrons. The summed E-state index contributed by atoms with van der Waals surface area (Å²) in [7, 11) is 0. The Morgan fingerprint density at radius 3 is 2.47 bits per heavy atom. The van der Waals surface area contributed by atoms with Crippen LogP contribution >= 0.6 is 0 Å². The summed E-state index contributed by atoms with van der Waals surface area (Å²) < 4.78 is 4.73. The van der Waals surface area contributed by atoms with Crippen molar-refractivity contribution in [2.75, 3.05) is 0 Å². The molecule has 1 amide bonds. The number of aromatic hydroxyl groups is 1. The predicted octanol–water partition coefficient (Wildman–Crippen LogP) is 3.22. The first-order valence-electron chi connectivity index (χ1n) is 4.97. The van der Waals surface area contributed by atoms with Crippen molar-refractivity contribution in [3.63, 3.8) is 0 Å². The molecule has 17 heavy (non-hydrogen) atoms. The molecule has 1 heterocycles. The fourth-order valence-electron chi connectivity index (χ4n) is 1.22. The van der Waals surface area contributed by atoms with Crippen LogP contribution in [0, 0.1) is 6.92 Å². The van der Waals surface area contributed by atoms with E-state index in [1.54, 1.807) is 12.1 Å². The van der Waals surface area contributed by atoms with Crippen LogP contribution in [0.25, 0.3) is 0 Å². The van der Waals surface area contributed by atoms with Gasteiger partial charge in [0.1, 0.15) is 0 Å². The highest BCUT2D eigenvalue weighted by atomic mass is 16.5. The molecular formula is C12H10N2O3. The molecule has 1 aromatic carbocycles. The predicted molar refractivity (Wildman–Crippen MR) is 60.4 cm³/mol. The fraction of sp³-hybridized carbons (Fsp3) is 0.0833. The van der Waals surface area contributed by atoms with Gasteiger partial charge in [0.2, 0.25) is 5.88 Å². The van der Waals surface area contributed by atoms with E-state index in [1.165, 1.54) is 12.1 Å². The van der Waals surface area contributed by atoms with Gasteiger partial charge >= 0.3 is 0 Å². The highest BCUT2D eigenvalue weighted by Gasteiger charge is 2.04. The Labute approximate surface area is 97.4 Å². The Morgan fingerprint density at radius 1 is 1.18 bits per heavy atom. The maximum absolute atomic E-state index is 11.6. The van der Waals surface area contributed by atoms with Gasteiger partial charge in [0, 0.05) is 17.7 Å². The maximum Gasteiger partial charge on any atom is 0.295 e. The number of carbonyl (C=O) groups is 1. The van der Waals surface area contributed by atoms with Crippen LogP contribution in [0.15, 0.2) is 51.0 Å². The summed E-state index contributed by atoms with van der Waals surface area (Å²) in [6.45, 7) is 1.93. The second-order valence-corrected chi connectivity index (χ2v) is 3.48. The third-order valence-electron chi connectivity index (χ3n) is 2.12. The van der Waals surface area contributed by atoms with Crippen molar-refractivity contribution in [3.8, 4) is 5.95 Å². The number of hydrogen-bond acceptors (Lipinski definition) is 4. The average molecular weight is 230 g/mol. The zero-order valence-electron chi connectivity index (χ0n) is 9.12. The van der Waals surface area contributed by atoms with Crippen LogP contribution in [0.2, 0.25) is 0 Å². The van der Waals surface area contributed by atoms with Gasteiger partial charge in [0.15, 0.2) is 0 Å². The lowest BCUT2D eigenvalue weighted by Crippen LogP contribution is -1.92. The Kier molecular flexibility index (Phi) is 3.00. The first-order chi connectivity index (χ1) is 8.15. The van der Waals surface area contributed by atoms with E-state index >= 15 is 0 Å². The molecule has 0 aliphatic heterocycles. The normalized spacial score (nSPS) is 10.9. The summed E-state index contributed by atoms with van der Waals surface area (Å²) in [4.78, 5) is 11.6. The standard InChI is InChI=1S/C12H10N2O3/c1-8-2-4-9(5-3-8)12(16)14-13-10-6-7-11(15)17-10/h2-7,15H,1H3. The molecule has 0 unspecified atom stereocenters. The molecule has 0 aliphatic rings. The van der Waals surface area contributed by atoms with Crippen LogP contribution in [0.4, 0.5) is 5.88 Å². The lowest BCUT2D eigenvalue weighted by Gasteiger charge is -1.94. The molecule has 0 fully saturated rings. The summed E-state index contributed by atoms with van der Waals surface area (Å²) in [6.07, 6.45) is 0. The van der Waals surface area contributed by atoms with Crippen LogP contribution in [-0.4, -0.2) is 11.0 Å². The third kappa shape index (κ3) is 2.78. The van der Waals surface area contributed by atoms with Crippen LogP contribution in [0.3, 0.4) is 0 Å². The first kappa shape index (κ1) is 11.1. The van der Waals surface area contributed by atoms with Gasteiger partial charge in [-0.15, -0.1) is 10.2 Å². The largest absolute Gasteiger partial charge is 0.481 e. The SMILES string of the molecule is Cc1ccc(C(=O)N=Nc2ccc(O)o2)cc1. The fourth-order valence-corrected chi connectivity index (χ4v) is 1.22. The second kappa shape index (κ2) is 4.61. The maximum atomic E-state index is 11.6. The minimum absolute atomic E-state index is 0.0861. The van der Waals surface area contributed by atoms with E-state index in [-0.39, 0.29) is 11.8 Å². The first-order valence-corrected chi connectivity index (χ1v) is 4.97. The average Bonchev–Trinajstić information content (AvgIpc) is 2.73. The number of azo groups is 1. The van der Waals surface area contributed by atoms with Gasteiger partial charge in [-0.2, -0.15) is 0 Å². The van der Waals surface area contributed by atoms with Crippen molar-refractivity contribution in [3.05, 3.63) is 47.5 Å². The Balaban J connectivity index is 2.11. The van der Waals surface area contributed by atoms with E-state index in [1.807, 2.05) is 19.1 Å². The van der Waals surface area contributed by atoms with Crippen molar-refractivity contribution < 1.29 is 14.3 Å². The van der Waals surface area contributed by atoms with Gasteiger partial charge in [-0.1, -0.05) is 17.7 Å². The van der Waals surface area contributed by atoms with Gasteiger partial charge < -0.3 is 9.52 Å². The molecule has 1 aromatic heterocycles. The van der Waals surface area contributed by atoms with Gasteiger partial charge in [-0.05, 0) is 19.1 Å². The summed E-state index contributed by atoms with van der Waals surface area (Å²) in [5.74, 6) is -0.634. The van der Waals surface area contributed by atoms with Gasteiger partial charge in [0.25, 0.3) is 11.9 Å². The van der Waals surface area contributed by atoms with Crippen molar-refractivity contribution >= 4 is 11.8 Å². The Hall–Kier alpha value is -2.43. The second-order valence-electron chi connectivity index (χ2n) is 3.48. The monoisotopic (exact) mass is 230 g/mol. The van der Waals surface area contributed by atoms with Crippen molar-refractivity contribution in [2.45, 2.75) is 6.92 Å². The quantitative estimate of drug-likeness (QED) is 0.805. The highest BCUT2D eigenvalue weighted by Crippen LogP contribution is 2.21. The van der Waals surface area contributed by atoms with Gasteiger partial charge in [0.05, 0.1) is 0 Å². The summed E-state index contributed by atoms with van der Waals surface area (Å²) in [5, 5.41) is 16.0. The molecule has 5 heteroatoms. The number of hydrogen-bond donors (Lipinski definition) is 1. The lowest BCUT2D eigenvalue weighted by molar-refractivity contribution is 0.0994. The Morgan fingerprint density at radius 2 is 1.88 bits per heavy atom. The zero-order chi connectivity index (χ0) is 12.3. The summed E-state index contributed by atoms with van der Waals surface area (Å²) in [6, 6.07) is 9.74. The van der Waals surface area contributed by atoms with E-state index in [9.17, 15) is 4.79 Å². The van der Waals surface area contributed by atoms with Crippen molar-refractivity contribution in [1.29, 1.82) is 0 Å². The molecule has 86 valence electrons. The molecule has 1 N–H and O–H groups in total. The number of rotatable bonds is 2. The number of nitrogens with zero attached hydrogens (tertiary/aromatic N) is 2. The number of amides is 1. The molecule has 5 nitrogen and oxygen atoms in total. The van der Waals surface area contributed by atoms with Crippen molar-refractivity contribution in [1.82, 2.24) is 0 Å². The molecule has 0 bridgehead atoms. The van der Waals surface area contributed by atoms with E-state index in [0.717, 1.165) is 5.56 Å². The molecule has 0 saturated heterocycles.